The molecule has 0 radical (unpaired) electrons. The highest BCUT2D eigenvalue weighted by molar-refractivity contribution is 5.73. The summed E-state index contributed by atoms with van der Waals surface area (Å²) in [4.78, 5) is 9.66. The summed E-state index contributed by atoms with van der Waals surface area (Å²) < 4.78 is 1.07. The van der Waals surface area contributed by atoms with E-state index < -0.39 is 11.6 Å². The summed E-state index contributed by atoms with van der Waals surface area (Å²) in [6.45, 7) is 5.70. The summed E-state index contributed by atoms with van der Waals surface area (Å²) in [6.07, 6.45) is 0. The van der Waals surface area contributed by atoms with Crippen LogP contribution in [0.15, 0.2) is 0 Å². The average molecular weight is 191 g/mol. The van der Waals surface area contributed by atoms with Crippen LogP contribution in [-0.4, -0.2) is 48.8 Å². The summed E-state index contributed by atoms with van der Waals surface area (Å²) in [6, 6.07) is 0. The predicted molar refractivity (Wildman–Crippen MR) is 49.9 cm³/mol. The second kappa shape index (κ2) is 5.19. The first-order chi connectivity index (χ1) is 5.50. The molecule has 80 valence electrons. The van der Waals surface area contributed by atoms with E-state index in [-0.39, 0.29) is 0 Å². The lowest BCUT2D eigenvalue weighted by Gasteiger charge is -2.20. The van der Waals surface area contributed by atoms with E-state index >= 15 is 0 Å². The minimum absolute atomic E-state index is 1.07. The SMILES string of the molecule is CC(C)(O)C(=O)[O-].CC[N+](C)(C)C. The molecule has 0 aliphatic heterocycles. The van der Waals surface area contributed by atoms with Gasteiger partial charge in [-0.25, -0.2) is 0 Å². The lowest BCUT2D eigenvalue weighted by atomic mass is 10.1. The van der Waals surface area contributed by atoms with Crippen LogP contribution < -0.4 is 5.11 Å². The molecule has 1 N–H and O–H groups in total. The zero-order chi connectivity index (χ0) is 11.3. The number of hydrogen-bond acceptors (Lipinski definition) is 3. The van der Waals surface area contributed by atoms with Crippen LogP contribution in [0.3, 0.4) is 0 Å². The molecule has 0 aromatic rings. The van der Waals surface area contributed by atoms with Crippen LogP contribution in [0.1, 0.15) is 20.8 Å². The molecule has 0 aromatic carbocycles. The maximum absolute atomic E-state index is 9.66. The van der Waals surface area contributed by atoms with E-state index in [1.807, 2.05) is 0 Å². The van der Waals surface area contributed by atoms with Crippen molar-refractivity contribution in [2.24, 2.45) is 0 Å². The summed E-state index contributed by atoms with van der Waals surface area (Å²) in [5, 5.41) is 18.1. The van der Waals surface area contributed by atoms with Crippen molar-refractivity contribution in [3.05, 3.63) is 0 Å². The molecule has 4 nitrogen and oxygen atoms in total. The standard InChI is InChI=1S/C5H14N.C4H8O3/c1-5-6(2,3)4;1-4(2,7)3(5)6/h5H2,1-4H3;7H,1-2H3,(H,5,6)/q+1;/p-1. The Hall–Kier alpha value is -0.610. The highest BCUT2D eigenvalue weighted by Crippen LogP contribution is 1.95. The minimum atomic E-state index is -1.69. The summed E-state index contributed by atoms with van der Waals surface area (Å²) in [7, 11) is 6.54. The Bertz CT molecular complexity index is 153. The zero-order valence-corrected chi connectivity index (χ0v) is 9.42. The number of carboxylic acids is 1. The molecule has 0 atom stereocenters. The molecular formula is C9H21NO3. The van der Waals surface area contributed by atoms with Gasteiger partial charge in [-0.05, 0) is 20.8 Å². The van der Waals surface area contributed by atoms with Crippen molar-refractivity contribution in [2.45, 2.75) is 26.4 Å². The van der Waals surface area contributed by atoms with E-state index in [2.05, 4.69) is 28.1 Å². The Kier molecular flexibility index (Phi) is 5.95. The number of carbonyl (C=O) groups is 1. The van der Waals surface area contributed by atoms with Gasteiger partial charge in [0.25, 0.3) is 0 Å². The van der Waals surface area contributed by atoms with Crippen molar-refractivity contribution in [2.75, 3.05) is 27.7 Å². The normalized spacial score (nSPS) is 11.6. The van der Waals surface area contributed by atoms with E-state index in [4.69, 9.17) is 5.11 Å². The highest BCUT2D eigenvalue weighted by atomic mass is 16.4. The quantitative estimate of drug-likeness (QED) is 0.582. The molecule has 4 heteroatoms. The molecule has 0 fully saturated rings. The highest BCUT2D eigenvalue weighted by Gasteiger charge is 2.11. The number of nitrogens with zero attached hydrogens (tertiary/aromatic N) is 1. The van der Waals surface area contributed by atoms with Crippen molar-refractivity contribution in [1.82, 2.24) is 0 Å². The molecule has 0 aromatic heterocycles. The zero-order valence-electron chi connectivity index (χ0n) is 9.42. The first kappa shape index (κ1) is 14.9. The van der Waals surface area contributed by atoms with Crippen molar-refractivity contribution >= 4 is 5.97 Å². The van der Waals surface area contributed by atoms with Crippen LogP contribution in [0.25, 0.3) is 0 Å². The van der Waals surface area contributed by atoms with Gasteiger partial charge in [-0.2, -0.15) is 0 Å². The number of aliphatic carboxylic acids is 1. The van der Waals surface area contributed by atoms with Crippen LogP contribution in [0.4, 0.5) is 0 Å². The molecule has 0 unspecified atom stereocenters. The van der Waals surface area contributed by atoms with Crippen LogP contribution in [-0.2, 0) is 4.79 Å². The fourth-order valence-electron chi connectivity index (χ4n) is 0. The lowest BCUT2D eigenvalue weighted by Crippen LogP contribution is -2.43. The van der Waals surface area contributed by atoms with Crippen molar-refractivity contribution in [3.63, 3.8) is 0 Å². The molecule has 0 heterocycles. The molecule has 0 saturated carbocycles. The van der Waals surface area contributed by atoms with Gasteiger partial charge in [0.1, 0.15) is 0 Å². The number of hydrogen-bond donors (Lipinski definition) is 1. The van der Waals surface area contributed by atoms with Gasteiger partial charge in [0.15, 0.2) is 0 Å². The Labute approximate surface area is 80.4 Å². The number of aliphatic hydroxyl groups is 1. The Morgan fingerprint density at radius 1 is 1.38 bits per heavy atom. The van der Waals surface area contributed by atoms with Gasteiger partial charge in [-0.1, -0.05) is 0 Å². The maximum Gasteiger partial charge on any atom is 0.0983 e. The Morgan fingerprint density at radius 2 is 1.54 bits per heavy atom. The van der Waals surface area contributed by atoms with Gasteiger partial charge >= 0.3 is 0 Å². The van der Waals surface area contributed by atoms with E-state index in [0.29, 0.717) is 0 Å². The van der Waals surface area contributed by atoms with Gasteiger partial charge in [0.05, 0.1) is 39.3 Å². The van der Waals surface area contributed by atoms with Gasteiger partial charge < -0.3 is 19.5 Å². The molecule has 0 bridgehead atoms. The smallest absolute Gasteiger partial charge is 0.0983 e. The van der Waals surface area contributed by atoms with E-state index in [1.54, 1.807) is 0 Å². The topological polar surface area (TPSA) is 60.4 Å². The number of rotatable bonds is 2. The van der Waals surface area contributed by atoms with Gasteiger partial charge in [-0.3, -0.25) is 0 Å². The Morgan fingerprint density at radius 3 is 1.54 bits per heavy atom. The molecule has 0 rings (SSSR count). The van der Waals surface area contributed by atoms with Crippen LogP contribution >= 0.6 is 0 Å². The fraction of sp³-hybridized carbons (Fsp3) is 0.889. The maximum atomic E-state index is 9.66. The van der Waals surface area contributed by atoms with E-state index in [9.17, 15) is 9.90 Å². The van der Waals surface area contributed by atoms with Crippen molar-refractivity contribution < 1.29 is 19.5 Å². The third kappa shape index (κ3) is 14.3. The van der Waals surface area contributed by atoms with Crippen LogP contribution in [0, 0.1) is 0 Å². The van der Waals surface area contributed by atoms with E-state index in [1.165, 1.54) is 6.54 Å². The first-order valence-electron chi connectivity index (χ1n) is 4.25. The fourth-order valence-corrected chi connectivity index (χ4v) is 0. The third-order valence-corrected chi connectivity index (χ3v) is 1.45. The summed E-state index contributed by atoms with van der Waals surface area (Å²) >= 11 is 0. The number of carbonyl (C=O) groups excluding carboxylic acids is 1. The number of carboxylic acid groups (broad SMARTS) is 1. The largest absolute Gasteiger partial charge is 0.547 e. The second-order valence-electron chi connectivity index (χ2n) is 4.45. The predicted octanol–water partition coefficient (Wildman–Crippen LogP) is -0.780. The molecular weight excluding hydrogens is 170 g/mol. The van der Waals surface area contributed by atoms with Crippen molar-refractivity contribution in [1.29, 1.82) is 0 Å². The minimum Gasteiger partial charge on any atom is -0.547 e. The van der Waals surface area contributed by atoms with Crippen LogP contribution in [0.5, 0.6) is 0 Å². The average Bonchev–Trinajstić information content (AvgIpc) is 1.85. The van der Waals surface area contributed by atoms with Gasteiger partial charge in [0, 0.05) is 0 Å². The van der Waals surface area contributed by atoms with Gasteiger partial charge in [0.2, 0.25) is 0 Å². The summed E-state index contributed by atoms with van der Waals surface area (Å²) in [5.41, 5.74) is -1.69. The lowest BCUT2D eigenvalue weighted by molar-refractivity contribution is -0.868. The van der Waals surface area contributed by atoms with Crippen LogP contribution in [0.2, 0.25) is 0 Å². The molecule has 0 saturated heterocycles. The Balaban J connectivity index is 0. The third-order valence-electron chi connectivity index (χ3n) is 1.45. The monoisotopic (exact) mass is 191 g/mol. The van der Waals surface area contributed by atoms with Crippen molar-refractivity contribution in [3.8, 4) is 0 Å². The summed E-state index contributed by atoms with van der Waals surface area (Å²) in [5.74, 6) is -1.45. The van der Waals surface area contributed by atoms with Gasteiger partial charge in [-0.15, -0.1) is 0 Å². The second-order valence-corrected chi connectivity index (χ2v) is 4.45. The number of quaternary nitrogens is 1. The molecule has 13 heavy (non-hydrogen) atoms. The molecule has 0 amide bonds. The van der Waals surface area contributed by atoms with E-state index in [0.717, 1.165) is 18.3 Å². The molecule has 0 spiro atoms. The first-order valence-corrected chi connectivity index (χ1v) is 4.25. The molecule has 0 aliphatic rings. The molecule has 0 aliphatic carbocycles.